The van der Waals surface area contributed by atoms with Crippen molar-refractivity contribution >= 4 is 23.2 Å². The van der Waals surface area contributed by atoms with Gasteiger partial charge in [0.1, 0.15) is 5.56 Å². The predicted octanol–water partition coefficient (Wildman–Crippen LogP) is 2.63. The Labute approximate surface area is 127 Å². The molecule has 0 aliphatic carbocycles. The molecule has 1 amide bonds. The van der Waals surface area contributed by atoms with E-state index in [0.717, 1.165) is 19.3 Å². The van der Waals surface area contributed by atoms with E-state index in [1.165, 1.54) is 23.1 Å². The number of amides is 1. The van der Waals surface area contributed by atoms with E-state index in [0.29, 0.717) is 13.0 Å². The van der Waals surface area contributed by atoms with Gasteiger partial charge in [-0.15, -0.1) is 0 Å². The summed E-state index contributed by atoms with van der Waals surface area (Å²) in [6.45, 7) is 0.355. The first-order valence-corrected chi connectivity index (χ1v) is 7.28. The molecule has 1 atom stereocenters. The average Bonchev–Trinajstić information content (AvgIpc) is 2.71. The molecule has 0 spiro atoms. The Morgan fingerprint density at radius 3 is 2.86 bits per heavy atom. The average molecular weight is 313 g/mol. The third-order valence-electron chi connectivity index (χ3n) is 3.73. The number of hydrogen-bond donors (Lipinski definition) is 1. The summed E-state index contributed by atoms with van der Waals surface area (Å²) in [5.41, 5.74) is -0.279. The van der Waals surface area contributed by atoms with Crippen LogP contribution in [0.3, 0.4) is 0 Å². The molecule has 2 rings (SSSR count). The number of nitro benzene ring substituents is 1. The number of carbonyl (C=O) groups excluding carboxylic acids is 1. The molecule has 114 valence electrons. The van der Waals surface area contributed by atoms with Gasteiger partial charge in [-0.05, 0) is 25.0 Å². The summed E-state index contributed by atoms with van der Waals surface area (Å²) in [6, 6.07) is 3.66. The first kappa shape index (κ1) is 15.7. The number of hydrogen-bond acceptors (Lipinski definition) is 4. The highest BCUT2D eigenvalue weighted by atomic mass is 35.5. The molecular formula is C14H17ClN2O4. The summed E-state index contributed by atoms with van der Waals surface area (Å²) in [6.07, 6.45) is 3.46. The Morgan fingerprint density at radius 2 is 2.19 bits per heavy atom. The number of nitro groups is 1. The first-order chi connectivity index (χ1) is 10.0. The smallest absolute Gasteiger partial charge is 0.282 e. The van der Waals surface area contributed by atoms with Crippen molar-refractivity contribution in [3.8, 4) is 0 Å². The maximum atomic E-state index is 12.7. The van der Waals surface area contributed by atoms with E-state index >= 15 is 0 Å². The summed E-state index contributed by atoms with van der Waals surface area (Å²) in [5, 5.41) is 20.8. The van der Waals surface area contributed by atoms with Gasteiger partial charge in [-0.1, -0.05) is 24.4 Å². The SMILES string of the molecule is O=C(c1cc(Cl)ccc1[N+](=O)[O-])N1CCCCCC1CO. The van der Waals surface area contributed by atoms with Gasteiger partial charge in [-0.25, -0.2) is 0 Å². The molecule has 1 aromatic carbocycles. The van der Waals surface area contributed by atoms with Crippen molar-refractivity contribution in [1.29, 1.82) is 0 Å². The van der Waals surface area contributed by atoms with Gasteiger partial charge in [0, 0.05) is 17.6 Å². The minimum absolute atomic E-state index is 0.0205. The van der Waals surface area contributed by atoms with Gasteiger partial charge in [-0.3, -0.25) is 14.9 Å². The van der Waals surface area contributed by atoms with Crippen LogP contribution in [0, 0.1) is 10.1 Å². The maximum absolute atomic E-state index is 12.7. The van der Waals surface area contributed by atoms with Crippen LogP contribution in [0.5, 0.6) is 0 Å². The van der Waals surface area contributed by atoms with E-state index < -0.39 is 10.8 Å². The lowest BCUT2D eigenvalue weighted by molar-refractivity contribution is -0.385. The minimum Gasteiger partial charge on any atom is -0.394 e. The van der Waals surface area contributed by atoms with Crippen molar-refractivity contribution in [3.05, 3.63) is 38.9 Å². The summed E-state index contributed by atoms with van der Waals surface area (Å²) < 4.78 is 0. The second-order valence-electron chi connectivity index (χ2n) is 5.10. The summed E-state index contributed by atoms with van der Waals surface area (Å²) >= 11 is 5.86. The monoisotopic (exact) mass is 312 g/mol. The van der Waals surface area contributed by atoms with Gasteiger partial charge in [0.05, 0.1) is 17.6 Å². The van der Waals surface area contributed by atoms with Crippen molar-refractivity contribution in [2.75, 3.05) is 13.2 Å². The number of likely N-dealkylation sites (tertiary alicyclic amines) is 1. The Hall–Kier alpha value is -1.66. The van der Waals surface area contributed by atoms with Crippen LogP contribution in [0.4, 0.5) is 5.69 Å². The van der Waals surface area contributed by atoms with Crippen molar-refractivity contribution in [3.63, 3.8) is 0 Å². The Balaban J connectivity index is 2.37. The molecule has 1 fully saturated rings. The fourth-order valence-electron chi connectivity index (χ4n) is 2.63. The highest BCUT2D eigenvalue weighted by Crippen LogP contribution is 2.26. The second-order valence-corrected chi connectivity index (χ2v) is 5.54. The highest BCUT2D eigenvalue weighted by molar-refractivity contribution is 6.31. The summed E-state index contributed by atoms with van der Waals surface area (Å²) in [5.74, 6) is -0.440. The number of benzene rings is 1. The Kier molecular flexibility index (Phi) is 5.14. The lowest BCUT2D eigenvalue weighted by Crippen LogP contribution is -2.42. The van der Waals surface area contributed by atoms with E-state index in [4.69, 9.17) is 11.6 Å². The molecular weight excluding hydrogens is 296 g/mol. The molecule has 7 heteroatoms. The van der Waals surface area contributed by atoms with Crippen molar-refractivity contribution < 1.29 is 14.8 Å². The van der Waals surface area contributed by atoms with Gasteiger partial charge in [0.15, 0.2) is 0 Å². The molecule has 0 saturated carbocycles. The molecule has 1 unspecified atom stereocenters. The van der Waals surface area contributed by atoms with E-state index in [1.807, 2.05) is 0 Å². The predicted molar refractivity (Wildman–Crippen MR) is 78.5 cm³/mol. The van der Waals surface area contributed by atoms with Crippen LogP contribution in [0.1, 0.15) is 36.0 Å². The van der Waals surface area contributed by atoms with Crippen LogP contribution in [0.25, 0.3) is 0 Å². The summed E-state index contributed by atoms with van der Waals surface area (Å²) in [7, 11) is 0. The van der Waals surface area contributed by atoms with Crippen LogP contribution in [-0.4, -0.2) is 40.0 Å². The molecule has 0 aromatic heterocycles. The van der Waals surface area contributed by atoms with Gasteiger partial charge in [0.25, 0.3) is 11.6 Å². The molecule has 1 saturated heterocycles. The zero-order valence-electron chi connectivity index (χ0n) is 11.5. The van der Waals surface area contributed by atoms with Crippen molar-refractivity contribution in [2.45, 2.75) is 31.7 Å². The number of rotatable bonds is 3. The van der Waals surface area contributed by atoms with Crippen LogP contribution in [-0.2, 0) is 0 Å². The lowest BCUT2D eigenvalue weighted by Gasteiger charge is -2.28. The Bertz CT molecular complexity index is 550. The van der Waals surface area contributed by atoms with E-state index in [-0.39, 0.29) is 28.9 Å². The molecule has 0 radical (unpaired) electrons. The quantitative estimate of drug-likeness (QED) is 0.687. The normalized spacial score (nSPS) is 19.1. The molecule has 0 bridgehead atoms. The topological polar surface area (TPSA) is 83.7 Å². The first-order valence-electron chi connectivity index (χ1n) is 6.90. The number of aliphatic hydroxyl groups excluding tert-OH is 1. The third kappa shape index (κ3) is 3.51. The molecule has 1 aliphatic heterocycles. The standard InChI is InChI=1S/C14H17ClN2O4/c15-10-5-6-13(17(20)21)12(8-10)14(19)16-7-3-1-2-4-11(16)9-18/h5-6,8,11,18H,1-4,7,9H2. The molecule has 1 aromatic rings. The fourth-order valence-corrected chi connectivity index (χ4v) is 2.80. The van der Waals surface area contributed by atoms with Crippen molar-refractivity contribution in [2.24, 2.45) is 0 Å². The van der Waals surface area contributed by atoms with Crippen LogP contribution in [0.15, 0.2) is 18.2 Å². The van der Waals surface area contributed by atoms with Gasteiger partial charge in [0.2, 0.25) is 0 Å². The van der Waals surface area contributed by atoms with Crippen molar-refractivity contribution in [1.82, 2.24) is 4.90 Å². The largest absolute Gasteiger partial charge is 0.394 e. The van der Waals surface area contributed by atoms with Crippen LogP contribution >= 0.6 is 11.6 Å². The molecule has 21 heavy (non-hydrogen) atoms. The van der Waals surface area contributed by atoms with E-state index in [2.05, 4.69) is 0 Å². The fraction of sp³-hybridized carbons (Fsp3) is 0.500. The van der Waals surface area contributed by atoms with E-state index in [1.54, 1.807) is 0 Å². The maximum Gasteiger partial charge on any atom is 0.282 e. The minimum atomic E-state index is -0.588. The van der Waals surface area contributed by atoms with Crippen LogP contribution in [0.2, 0.25) is 5.02 Å². The van der Waals surface area contributed by atoms with Gasteiger partial charge < -0.3 is 10.0 Å². The number of nitrogens with zero attached hydrogens (tertiary/aromatic N) is 2. The number of halogens is 1. The summed E-state index contributed by atoms with van der Waals surface area (Å²) in [4.78, 5) is 24.7. The lowest BCUT2D eigenvalue weighted by atomic mass is 10.1. The zero-order chi connectivity index (χ0) is 15.4. The molecule has 1 aliphatic rings. The number of carbonyl (C=O) groups is 1. The second kappa shape index (κ2) is 6.87. The third-order valence-corrected chi connectivity index (χ3v) is 3.97. The van der Waals surface area contributed by atoms with Crippen LogP contribution < -0.4 is 0 Å². The molecule has 1 N–H and O–H groups in total. The Morgan fingerprint density at radius 1 is 1.43 bits per heavy atom. The van der Waals surface area contributed by atoms with Gasteiger partial charge in [-0.2, -0.15) is 0 Å². The van der Waals surface area contributed by atoms with Gasteiger partial charge >= 0.3 is 0 Å². The molecule has 1 heterocycles. The zero-order valence-corrected chi connectivity index (χ0v) is 12.3. The molecule has 6 nitrogen and oxygen atoms in total. The van der Waals surface area contributed by atoms with E-state index in [9.17, 15) is 20.0 Å². The number of aliphatic hydroxyl groups is 1. The highest BCUT2D eigenvalue weighted by Gasteiger charge is 2.30.